The Kier molecular flexibility index (Phi) is 10.2. The second-order valence-electron chi connectivity index (χ2n) is 7.25. The van der Waals surface area contributed by atoms with Crippen LogP contribution >= 0.6 is 0 Å². The molecule has 0 bridgehead atoms. The Morgan fingerprint density at radius 2 is 1.75 bits per heavy atom. The van der Waals surface area contributed by atoms with Gasteiger partial charge in [-0.3, -0.25) is 19.2 Å². The number of aliphatic hydroxyl groups excluding tert-OH is 1. The van der Waals surface area contributed by atoms with Gasteiger partial charge in [0, 0.05) is 24.7 Å². The van der Waals surface area contributed by atoms with Crippen LogP contribution in [0.15, 0.2) is 12.5 Å². The third kappa shape index (κ3) is 8.69. The Balaban J connectivity index is 2.72. The summed E-state index contributed by atoms with van der Waals surface area (Å²) < 4.78 is 0. The van der Waals surface area contributed by atoms with Crippen molar-refractivity contribution in [2.24, 2.45) is 11.5 Å². The number of H-pyrrole nitrogens is 1. The molecule has 0 fully saturated rings. The van der Waals surface area contributed by atoms with Crippen LogP contribution in [-0.4, -0.2) is 80.1 Å². The molecule has 0 aliphatic carbocycles. The van der Waals surface area contributed by atoms with Crippen LogP contribution in [0.2, 0.25) is 0 Å². The lowest BCUT2D eigenvalue weighted by Gasteiger charge is -2.25. The first-order valence-electron chi connectivity index (χ1n) is 9.75. The van der Waals surface area contributed by atoms with E-state index in [9.17, 15) is 34.2 Å². The lowest BCUT2D eigenvalue weighted by Crippen LogP contribution is -2.59. The van der Waals surface area contributed by atoms with Gasteiger partial charge in [0.25, 0.3) is 0 Å². The van der Waals surface area contributed by atoms with Gasteiger partial charge in [-0.2, -0.15) is 0 Å². The smallest absolute Gasteiger partial charge is 0.326 e. The molecule has 32 heavy (non-hydrogen) atoms. The van der Waals surface area contributed by atoms with E-state index in [0.29, 0.717) is 5.69 Å². The average molecular weight is 455 g/mol. The van der Waals surface area contributed by atoms with Gasteiger partial charge in [0.1, 0.15) is 18.1 Å². The molecule has 0 aliphatic heterocycles. The molecule has 4 amide bonds. The maximum absolute atomic E-state index is 12.5. The van der Waals surface area contributed by atoms with Crippen molar-refractivity contribution < 1.29 is 34.2 Å². The van der Waals surface area contributed by atoms with E-state index in [1.54, 1.807) is 0 Å². The highest BCUT2D eigenvalue weighted by atomic mass is 16.4. The number of carbonyl (C=O) groups excluding carboxylic acids is 4. The van der Waals surface area contributed by atoms with E-state index in [2.05, 4.69) is 25.9 Å². The first kappa shape index (κ1) is 26.5. The summed E-state index contributed by atoms with van der Waals surface area (Å²) >= 11 is 0. The maximum Gasteiger partial charge on any atom is 0.326 e. The number of aromatic amines is 1. The molecule has 0 saturated carbocycles. The molecule has 0 saturated heterocycles. The van der Waals surface area contributed by atoms with Gasteiger partial charge < -0.3 is 42.6 Å². The number of carboxylic acids is 1. The van der Waals surface area contributed by atoms with Gasteiger partial charge in [0.15, 0.2) is 0 Å². The quantitative estimate of drug-likeness (QED) is 0.147. The largest absolute Gasteiger partial charge is 0.480 e. The molecule has 14 nitrogen and oxygen atoms in total. The zero-order valence-electron chi connectivity index (χ0n) is 17.7. The Labute approximate surface area is 183 Å². The fraction of sp³-hybridized carbons (Fsp3) is 0.556. The zero-order chi connectivity index (χ0) is 24.4. The fourth-order valence-corrected chi connectivity index (χ4v) is 2.58. The summed E-state index contributed by atoms with van der Waals surface area (Å²) in [5, 5.41) is 26.1. The molecule has 1 aromatic heterocycles. The molecule has 1 aromatic rings. The van der Waals surface area contributed by atoms with Crippen molar-refractivity contribution in [1.82, 2.24) is 25.9 Å². The lowest BCUT2D eigenvalue weighted by molar-refractivity contribution is -0.143. The minimum Gasteiger partial charge on any atom is -0.480 e. The van der Waals surface area contributed by atoms with Crippen LogP contribution in [0, 0.1) is 0 Å². The van der Waals surface area contributed by atoms with E-state index in [0.717, 1.165) is 0 Å². The predicted molar refractivity (Wildman–Crippen MR) is 109 cm³/mol. The standard InChI is InChI=1S/C18H29N7O7/c1-8(23-16(29)11(19)3-4-13(20)27)15(28)25-14(9(2)26)17(30)24-12(18(31)32)5-10-6-21-7-22-10/h6-9,11-12,14,26H,3-5,19H2,1-2H3,(H2,20,27)(H,21,22)(H,23,29)(H,24,30)(H,25,28)(H,31,32). The third-order valence-electron chi connectivity index (χ3n) is 4.45. The molecule has 0 radical (unpaired) electrons. The van der Waals surface area contributed by atoms with Crippen molar-refractivity contribution in [3.63, 3.8) is 0 Å². The summed E-state index contributed by atoms with van der Waals surface area (Å²) in [7, 11) is 0. The van der Waals surface area contributed by atoms with Crippen LogP contribution in [0.3, 0.4) is 0 Å². The highest BCUT2D eigenvalue weighted by Crippen LogP contribution is 2.02. The molecule has 14 heteroatoms. The number of nitrogens with zero attached hydrogens (tertiary/aromatic N) is 1. The van der Waals surface area contributed by atoms with Crippen LogP contribution in [0.25, 0.3) is 0 Å². The van der Waals surface area contributed by atoms with E-state index in [-0.39, 0.29) is 19.3 Å². The normalized spacial score (nSPS) is 15.5. The van der Waals surface area contributed by atoms with Gasteiger partial charge in [-0.25, -0.2) is 9.78 Å². The van der Waals surface area contributed by atoms with Crippen LogP contribution < -0.4 is 27.4 Å². The maximum atomic E-state index is 12.5. The Bertz CT molecular complexity index is 813. The first-order valence-corrected chi connectivity index (χ1v) is 9.75. The predicted octanol–water partition coefficient (Wildman–Crippen LogP) is -3.52. The first-order chi connectivity index (χ1) is 14.9. The van der Waals surface area contributed by atoms with Crippen LogP contribution in [-0.2, 0) is 30.4 Å². The fourth-order valence-electron chi connectivity index (χ4n) is 2.58. The number of aromatic nitrogens is 2. The molecule has 1 heterocycles. The van der Waals surface area contributed by atoms with E-state index in [1.165, 1.54) is 26.4 Å². The van der Waals surface area contributed by atoms with Crippen molar-refractivity contribution in [1.29, 1.82) is 0 Å². The number of carbonyl (C=O) groups is 5. The highest BCUT2D eigenvalue weighted by molar-refractivity contribution is 5.94. The van der Waals surface area contributed by atoms with E-state index in [1.807, 2.05) is 0 Å². The second-order valence-corrected chi connectivity index (χ2v) is 7.25. The molecule has 5 unspecified atom stereocenters. The van der Waals surface area contributed by atoms with Crippen LogP contribution in [0.4, 0.5) is 0 Å². The summed E-state index contributed by atoms with van der Waals surface area (Å²) in [4.78, 5) is 65.7. The van der Waals surface area contributed by atoms with E-state index in [4.69, 9.17) is 11.5 Å². The number of imidazole rings is 1. The second kappa shape index (κ2) is 12.4. The van der Waals surface area contributed by atoms with Crippen molar-refractivity contribution in [3.8, 4) is 0 Å². The summed E-state index contributed by atoms with van der Waals surface area (Å²) in [6.07, 6.45) is 1.15. The Morgan fingerprint density at radius 3 is 2.25 bits per heavy atom. The Morgan fingerprint density at radius 1 is 1.09 bits per heavy atom. The van der Waals surface area contributed by atoms with Gasteiger partial charge in [0.05, 0.1) is 18.5 Å². The van der Waals surface area contributed by atoms with Crippen LogP contribution in [0.5, 0.6) is 0 Å². The number of nitrogens with two attached hydrogens (primary N) is 2. The molecule has 0 aromatic carbocycles. The Hall–Kier alpha value is -3.52. The molecular weight excluding hydrogens is 426 g/mol. The van der Waals surface area contributed by atoms with Gasteiger partial charge in [-0.15, -0.1) is 0 Å². The number of primary amides is 1. The van der Waals surface area contributed by atoms with Gasteiger partial charge in [0.2, 0.25) is 23.6 Å². The van der Waals surface area contributed by atoms with Gasteiger partial charge >= 0.3 is 5.97 Å². The van der Waals surface area contributed by atoms with Gasteiger partial charge in [-0.1, -0.05) is 0 Å². The number of carboxylic acid groups (broad SMARTS) is 1. The van der Waals surface area contributed by atoms with Crippen molar-refractivity contribution in [2.75, 3.05) is 0 Å². The molecule has 1 rings (SSSR count). The summed E-state index contributed by atoms with van der Waals surface area (Å²) in [5.74, 6) is -4.41. The number of amides is 4. The summed E-state index contributed by atoms with van der Waals surface area (Å²) in [6, 6.07) is -5.06. The van der Waals surface area contributed by atoms with E-state index >= 15 is 0 Å². The minimum atomic E-state index is -1.49. The monoisotopic (exact) mass is 455 g/mol. The van der Waals surface area contributed by atoms with Crippen molar-refractivity contribution in [2.45, 2.75) is 63.4 Å². The number of rotatable bonds is 13. The van der Waals surface area contributed by atoms with Crippen LogP contribution in [0.1, 0.15) is 32.4 Å². The SMILES string of the molecule is CC(NC(=O)C(N)CCC(N)=O)C(=O)NC(C(=O)NC(Cc1cnc[nH]1)C(=O)O)C(C)O. The molecule has 0 aliphatic rings. The van der Waals surface area contributed by atoms with Crippen molar-refractivity contribution >= 4 is 29.6 Å². The third-order valence-corrected chi connectivity index (χ3v) is 4.45. The van der Waals surface area contributed by atoms with Gasteiger partial charge in [-0.05, 0) is 20.3 Å². The molecule has 178 valence electrons. The number of aliphatic hydroxyl groups is 1. The minimum absolute atomic E-state index is 0.0128. The van der Waals surface area contributed by atoms with Crippen molar-refractivity contribution in [3.05, 3.63) is 18.2 Å². The molecule has 10 N–H and O–H groups in total. The topological polar surface area (TPSA) is 243 Å². The average Bonchev–Trinajstić information content (AvgIpc) is 3.21. The molecular formula is C18H29N7O7. The summed E-state index contributed by atoms with van der Waals surface area (Å²) in [5.41, 5.74) is 11.1. The highest BCUT2D eigenvalue weighted by Gasteiger charge is 2.31. The summed E-state index contributed by atoms with van der Waals surface area (Å²) in [6.45, 7) is 2.56. The molecule has 5 atom stereocenters. The number of hydrogen-bond acceptors (Lipinski definition) is 8. The van der Waals surface area contributed by atoms with E-state index < -0.39 is 59.9 Å². The number of aliphatic carboxylic acids is 1. The lowest BCUT2D eigenvalue weighted by atomic mass is 10.1. The zero-order valence-corrected chi connectivity index (χ0v) is 17.7. The molecule has 0 spiro atoms. The number of hydrogen-bond donors (Lipinski definition) is 8. The number of nitrogens with one attached hydrogen (secondary N) is 4.